The van der Waals surface area contributed by atoms with Gasteiger partial charge < -0.3 is 14.5 Å². The van der Waals surface area contributed by atoms with Gasteiger partial charge in [0.05, 0.1) is 0 Å². The summed E-state index contributed by atoms with van der Waals surface area (Å²) in [5, 5.41) is 0.248. The minimum absolute atomic E-state index is 0.0837. The summed E-state index contributed by atoms with van der Waals surface area (Å²) in [6.07, 6.45) is 32.1. The van der Waals surface area contributed by atoms with Crippen LogP contribution in [0.3, 0.4) is 0 Å². The van der Waals surface area contributed by atoms with Crippen LogP contribution in [0.1, 0.15) is 162 Å². The van der Waals surface area contributed by atoms with Gasteiger partial charge in [-0.25, -0.2) is 0 Å². The molecule has 1 amide bonds. The molecule has 0 N–H and O–H groups in total. The lowest BCUT2D eigenvalue weighted by Crippen LogP contribution is -2.30. The van der Waals surface area contributed by atoms with E-state index in [2.05, 4.69) is 43.8 Å². The summed E-state index contributed by atoms with van der Waals surface area (Å²) in [6.45, 7) is 7.59. The first-order valence-corrected chi connectivity index (χ1v) is 18.9. The normalized spacial score (nSPS) is 11.5. The number of esters is 1. The fraction of sp³-hybridized carbons (Fsp3) is 0.889. The number of allylic oxidation sites excluding steroid dienone is 1. The molecule has 0 radical (unpaired) electrons. The number of unbranched alkanes of at least 4 members (excludes halogenated alkanes) is 19. The molecular weight excluding hydrogens is 540 g/mol. The van der Waals surface area contributed by atoms with Gasteiger partial charge in [-0.15, -0.1) is 0 Å². The molecule has 0 heterocycles. The maximum Gasteiger partial charge on any atom is 0.306 e. The van der Waals surface area contributed by atoms with E-state index in [9.17, 15) is 9.59 Å². The second-order valence-electron chi connectivity index (χ2n) is 12.3. The Morgan fingerprint density at radius 2 is 1.07 bits per heavy atom. The van der Waals surface area contributed by atoms with Crippen LogP contribution in [0.25, 0.3) is 0 Å². The van der Waals surface area contributed by atoms with Crippen molar-refractivity contribution in [2.45, 2.75) is 162 Å². The summed E-state index contributed by atoms with van der Waals surface area (Å²) >= 11 is 1.47. The van der Waals surface area contributed by atoms with Crippen molar-refractivity contribution in [3.05, 3.63) is 12.2 Å². The van der Waals surface area contributed by atoms with Crippen LogP contribution in [0.5, 0.6) is 0 Å². The molecule has 0 saturated heterocycles. The molecule has 6 heteroatoms. The summed E-state index contributed by atoms with van der Waals surface area (Å²) < 4.78 is 5.32. The van der Waals surface area contributed by atoms with Crippen LogP contribution < -0.4 is 0 Å². The Labute approximate surface area is 266 Å². The number of thioether (sulfide) groups is 1. The maximum atomic E-state index is 12.9. The summed E-state index contributed by atoms with van der Waals surface area (Å²) in [5.74, 6) is 0.769. The van der Waals surface area contributed by atoms with Crippen molar-refractivity contribution in [1.29, 1.82) is 0 Å². The molecule has 5 nitrogen and oxygen atoms in total. The highest BCUT2D eigenvalue weighted by atomic mass is 32.2. The van der Waals surface area contributed by atoms with Gasteiger partial charge in [-0.05, 0) is 46.2 Å². The van der Waals surface area contributed by atoms with E-state index in [0.29, 0.717) is 13.0 Å². The highest BCUT2D eigenvalue weighted by molar-refractivity contribution is 8.13. The van der Waals surface area contributed by atoms with Crippen LogP contribution in [-0.2, 0) is 9.53 Å². The Morgan fingerprint density at radius 1 is 0.595 bits per heavy atom. The molecule has 0 spiro atoms. The van der Waals surface area contributed by atoms with Crippen LogP contribution in [0, 0.1) is 0 Å². The second-order valence-corrected chi connectivity index (χ2v) is 13.4. The monoisotopic (exact) mass is 611 g/mol. The molecule has 0 aliphatic rings. The van der Waals surface area contributed by atoms with E-state index in [-0.39, 0.29) is 11.2 Å². The summed E-state index contributed by atoms with van der Waals surface area (Å²) in [7, 11) is 4.12. The summed E-state index contributed by atoms with van der Waals surface area (Å²) in [6, 6.07) is 0. The van der Waals surface area contributed by atoms with Gasteiger partial charge in [-0.1, -0.05) is 147 Å². The third-order valence-electron chi connectivity index (χ3n) is 7.84. The lowest BCUT2D eigenvalue weighted by Gasteiger charge is -2.22. The quantitative estimate of drug-likeness (QED) is 0.0444. The Kier molecular flexibility index (Phi) is 32.1. The average Bonchev–Trinajstić information content (AvgIpc) is 2.97. The third kappa shape index (κ3) is 30.4. The number of amides is 1. The van der Waals surface area contributed by atoms with Gasteiger partial charge in [0.15, 0.2) is 0 Å². The Bertz CT molecular complexity index is 627. The molecule has 0 saturated carbocycles. The van der Waals surface area contributed by atoms with Gasteiger partial charge in [-0.2, -0.15) is 0 Å². The Morgan fingerprint density at radius 3 is 1.60 bits per heavy atom. The topological polar surface area (TPSA) is 49.9 Å². The number of carbonyl (C=O) groups is 2. The fourth-order valence-corrected chi connectivity index (χ4v) is 6.03. The van der Waals surface area contributed by atoms with Crippen molar-refractivity contribution in [2.24, 2.45) is 0 Å². The van der Waals surface area contributed by atoms with Gasteiger partial charge in [0.1, 0.15) is 6.61 Å². The standard InChI is InChI=1S/C36H70N2O3S/c1-5-7-9-11-13-14-15-16-17-18-22-26-30-38(36(40)42-34-32-37(3)4)31-27-23-20-21-25-29-35(39)41-33-28-24-19-12-10-8-6-2/h24,28H,5-23,25-27,29-34H2,1-4H3/b28-24-. The highest BCUT2D eigenvalue weighted by Crippen LogP contribution is 2.16. The predicted octanol–water partition coefficient (Wildman–Crippen LogP) is 10.8. The van der Waals surface area contributed by atoms with Gasteiger partial charge in [0.25, 0.3) is 5.24 Å². The lowest BCUT2D eigenvalue weighted by atomic mass is 10.1. The van der Waals surface area contributed by atoms with E-state index < -0.39 is 0 Å². The zero-order valence-corrected chi connectivity index (χ0v) is 29.3. The third-order valence-corrected chi connectivity index (χ3v) is 8.74. The number of carbonyl (C=O) groups excluding carboxylic acids is 2. The lowest BCUT2D eigenvalue weighted by molar-refractivity contribution is -0.142. The zero-order chi connectivity index (χ0) is 30.9. The van der Waals surface area contributed by atoms with Crippen LogP contribution in [-0.4, -0.2) is 67.1 Å². The molecule has 0 rings (SSSR count). The molecule has 0 aliphatic heterocycles. The molecule has 0 aliphatic carbocycles. The minimum atomic E-state index is -0.0837. The molecule has 0 aromatic heterocycles. The number of nitrogens with zero attached hydrogens (tertiary/aromatic N) is 2. The fourth-order valence-electron chi connectivity index (χ4n) is 5.04. The number of rotatable bonds is 31. The van der Waals surface area contributed by atoms with E-state index >= 15 is 0 Å². The molecule has 0 aromatic rings. The SMILES string of the molecule is CCCCCC/C=C\COC(=O)CCCCCCCN(CCCCCCCCCCCCCC)C(=O)SCCN(C)C. The van der Waals surface area contributed by atoms with Crippen molar-refractivity contribution < 1.29 is 14.3 Å². The molecule has 42 heavy (non-hydrogen) atoms. The molecule has 0 unspecified atom stereocenters. The van der Waals surface area contributed by atoms with Crippen molar-refractivity contribution >= 4 is 23.0 Å². The molecule has 248 valence electrons. The molecular formula is C36H70N2O3S. The van der Waals surface area contributed by atoms with E-state index in [1.165, 1.54) is 108 Å². The molecule has 0 aromatic carbocycles. The first-order chi connectivity index (χ1) is 20.5. The van der Waals surface area contributed by atoms with Gasteiger partial charge in [0, 0.05) is 31.8 Å². The first kappa shape index (κ1) is 41.0. The second kappa shape index (κ2) is 32.9. The number of hydrogen-bond donors (Lipinski definition) is 0. The van der Waals surface area contributed by atoms with E-state index in [4.69, 9.17) is 4.74 Å². The molecule has 0 atom stereocenters. The van der Waals surface area contributed by atoms with Crippen LogP contribution in [0.2, 0.25) is 0 Å². The first-order valence-electron chi connectivity index (χ1n) is 17.9. The van der Waals surface area contributed by atoms with Gasteiger partial charge in [0.2, 0.25) is 0 Å². The van der Waals surface area contributed by atoms with Crippen LogP contribution in [0.15, 0.2) is 12.2 Å². The number of hydrogen-bond acceptors (Lipinski definition) is 5. The van der Waals surface area contributed by atoms with Crippen molar-refractivity contribution in [3.63, 3.8) is 0 Å². The zero-order valence-electron chi connectivity index (χ0n) is 28.5. The predicted molar refractivity (Wildman–Crippen MR) is 186 cm³/mol. The smallest absolute Gasteiger partial charge is 0.306 e. The van der Waals surface area contributed by atoms with Crippen LogP contribution in [0.4, 0.5) is 4.79 Å². The largest absolute Gasteiger partial charge is 0.461 e. The highest BCUT2D eigenvalue weighted by Gasteiger charge is 2.13. The summed E-state index contributed by atoms with van der Waals surface area (Å²) in [4.78, 5) is 29.1. The summed E-state index contributed by atoms with van der Waals surface area (Å²) in [5.41, 5.74) is 0. The van der Waals surface area contributed by atoms with E-state index in [1.807, 2.05) is 6.08 Å². The van der Waals surface area contributed by atoms with Crippen molar-refractivity contribution in [1.82, 2.24) is 9.80 Å². The van der Waals surface area contributed by atoms with E-state index in [1.54, 1.807) is 0 Å². The maximum absolute atomic E-state index is 12.9. The molecule has 0 bridgehead atoms. The van der Waals surface area contributed by atoms with E-state index in [0.717, 1.165) is 70.3 Å². The average molecular weight is 611 g/mol. The van der Waals surface area contributed by atoms with Crippen molar-refractivity contribution in [2.75, 3.05) is 46.1 Å². The minimum Gasteiger partial charge on any atom is -0.461 e. The number of ether oxygens (including phenoxy) is 1. The van der Waals surface area contributed by atoms with Gasteiger partial charge in [-0.3, -0.25) is 9.59 Å². The Balaban J connectivity index is 3.99. The molecule has 0 fully saturated rings. The van der Waals surface area contributed by atoms with Crippen LogP contribution >= 0.6 is 11.8 Å². The van der Waals surface area contributed by atoms with Gasteiger partial charge >= 0.3 is 5.97 Å². The van der Waals surface area contributed by atoms with Crippen molar-refractivity contribution in [3.8, 4) is 0 Å². The Hall–Kier alpha value is -1.01.